The molecular weight excluding hydrogens is 267 g/mol. The van der Waals surface area contributed by atoms with Crippen LogP contribution >= 0.6 is 23.2 Å². The quantitative estimate of drug-likeness (QED) is 0.823. The van der Waals surface area contributed by atoms with Crippen molar-refractivity contribution in [3.05, 3.63) is 45.8 Å². The zero-order valence-electron chi connectivity index (χ0n) is 10.4. The van der Waals surface area contributed by atoms with Crippen molar-refractivity contribution in [3.8, 4) is 11.3 Å². The first-order valence-electron chi connectivity index (χ1n) is 5.96. The van der Waals surface area contributed by atoms with Gasteiger partial charge in [-0.1, -0.05) is 37.0 Å². The van der Waals surface area contributed by atoms with Crippen LogP contribution in [0, 0.1) is 0 Å². The topological polar surface area (TPSA) is 25.8 Å². The Bertz CT molecular complexity index is 568. The molecule has 0 saturated heterocycles. The Labute approximate surface area is 117 Å². The first-order valence-corrected chi connectivity index (χ1v) is 6.71. The number of rotatable bonds is 3. The summed E-state index contributed by atoms with van der Waals surface area (Å²) in [5.74, 6) is 0. The Morgan fingerprint density at radius 2 is 1.89 bits per heavy atom. The summed E-state index contributed by atoms with van der Waals surface area (Å²) in [6.45, 7) is 4.12. The molecule has 0 spiro atoms. The SMILES string of the molecule is CCc1cnc(CC)c(-c2ccc(Cl)cc2Cl)n1. The van der Waals surface area contributed by atoms with Gasteiger partial charge in [-0.25, -0.2) is 4.98 Å². The second kappa shape index (κ2) is 5.68. The third kappa shape index (κ3) is 2.65. The van der Waals surface area contributed by atoms with Gasteiger partial charge >= 0.3 is 0 Å². The molecule has 0 saturated carbocycles. The van der Waals surface area contributed by atoms with E-state index in [0.29, 0.717) is 10.0 Å². The van der Waals surface area contributed by atoms with Crippen molar-refractivity contribution >= 4 is 23.2 Å². The summed E-state index contributed by atoms with van der Waals surface area (Å²) in [6.07, 6.45) is 3.51. The molecule has 0 unspecified atom stereocenters. The molecule has 2 nitrogen and oxygen atoms in total. The molecule has 18 heavy (non-hydrogen) atoms. The average molecular weight is 281 g/mol. The van der Waals surface area contributed by atoms with Crippen LogP contribution in [0.4, 0.5) is 0 Å². The van der Waals surface area contributed by atoms with Gasteiger partial charge in [0.05, 0.1) is 22.1 Å². The highest BCUT2D eigenvalue weighted by molar-refractivity contribution is 6.36. The van der Waals surface area contributed by atoms with Crippen LogP contribution in [-0.2, 0) is 12.8 Å². The maximum absolute atomic E-state index is 6.24. The number of nitrogens with zero attached hydrogens (tertiary/aromatic N) is 2. The van der Waals surface area contributed by atoms with E-state index in [2.05, 4.69) is 23.8 Å². The van der Waals surface area contributed by atoms with Gasteiger partial charge in [0, 0.05) is 16.8 Å². The molecule has 0 atom stereocenters. The number of aromatic nitrogens is 2. The molecule has 0 fully saturated rings. The van der Waals surface area contributed by atoms with E-state index in [-0.39, 0.29) is 0 Å². The van der Waals surface area contributed by atoms with Crippen molar-refractivity contribution < 1.29 is 0 Å². The molecule has 1 heterocycles. The molecule has 0 aliphatic heterocycles. The Morgan fingerprint density at radius 3 is 2.50 bits per heavy atom. The summed E-state index contributed by atoms with van der Waals surface area (Å²) in [7, 11) is 0. The number of halogens is 2. The summed E-state index contributed by atoms with van der Waals surface area (Å²) < 4.78 is 0. The molecule has 1 aromatic carbocycles. The Hall–Kier alpha value is -1.12. The molecule has 4 heteroatoms. The normalized spacial score (nSPS) is 10.7. The number of hydrogen-bond donors (Lipinski definition) is 0. The van der Waals surface area contributed by atoms with Crippen LogP contribution in [0.5, 0.6) is 0 Å². The maximum atomic E-state index is 6.24. The zero-order valence-corrected chi connectivity index (χ0v) is 11.9. The summed E-state index contributed by atoms with van der Waals surface area (Å²) in [6, 6.07) is 5.45. The van der Waals surface area contributed by atoms with Crippen LogP contribution in [0.15, 0.2) is 24.4 Å². The van der Waals surface area contributed by atoms with E-state index in [0.717, 1.165) is 35.5 Å². The van der Waals surface area contributed by atoms with E-state index in [1.807, 2.05) is 18.3 Å². The van der Waals surface area contributed by atoms with Crippen LogP contribution in [-0.4, -0.2) is 9.97 Å². The molecule has 0 aliphatic rings. The van der Waals surface area contributed by atoms with Crippen LogP contribution in [0.2, 0.25) is 10.0 Å². The van der Waals surface area contributed by atoms with E-state index in [9.17, 15) is 0 Å². The molecule has 2 rings (SSSR count). The van der Waals surface area contributed by atoms with Crippen molar-refractivity contribution in [2.45, 2.75) is 26.7 Å². The largest absolute Gasteiger partial charge is 0.257 e. The highest BCUT2D eigenvalue weighted by Crippen LogP contribution is 2.30. The van der Waals surface area contributed by atoms with E-state index in [4.69, 9.17) is 23.2 Å². The highest BCUT2D eigenvalue weighted by Gasteiger charge is 2.11. The second-order valence-corrected chi connectivity index (χ2v) is 4.83. The molecule has 0 amide bonds. The fourth-order valence-corrected chi connectivity index (χ4v) is 2.27. The molecule has 94 valence electrons. The number of aryl methyl sites for hydroxylation is 2. The number of hydrogen-bond acceptors (Lipinski definition) is 2. The fraction of sp³-hybridized carbons (Fsp3) is 0.286. The van der Waals surface area contributed by atoms with Gasteiger partial charge < -0.3 is 0 Å². The second-order valence-electron chi connectivity index (χ2n) is 3.99. The van der Waals surface area contributed by atoms with E-state index >= 15 is 0 Å². The Morgan fingerprint density at radius 1 is 1.11 bits per heavy atom. The highest BCUT2D eigenvalue weighted by atomic mass is 35.5. The predicted molar refractivity (Wildman–Crippen MR) is 76.2 cm³/mol. The van der Waals surface area contributed by atoms with E-state index in [1.54, 1.807) is 6.07 Å². The minimum Gasteiger partial charge on any atom is -0.257 e. The molecular formula is C14H14Cl2N2. The van der Waals surface area contributed by atoms with Crippen molar-refractivity contribution in [3.63, 3.8) is 0 Å². The summed E-state index contributed by atoms with van der Waals surface area (Å²) in [4.78, 5) is 9.09. The monoisotopic (exact) mass is 280 g/mol. The molecule has 0 aliphatic carbocycles. The first kappa shape index (κ1) is 13.3. The van der Waals surface area contributed by atoms with Gasteiger partial charge in [0.1, 0.15) is 0 Å². The average Bonchev–Trinajstić information content (AvgIpc) is 2.38. The molecule has 1 aromatic heterocycles. The van der Waals surface area contributed by atoms with Crippen molar-refractivity contribution in [2.24, 2.45) is 0 Å². The lowest BCUT2D eigenvalue weighted by atomic mass is 10.1. The third-order valence-electron chi connectivity index (χ3n) is 2.78. The van der Waals surface area contributed by atoms with Crippen molar-refractivity contribution in [1.29, 1.82) is 0 Å². The summed E-state index contributed by atoms with van der Waals surface area (Å²) in [5, 5.41) is 1.24. The Balaban J connectivity index is 2.60. The maximum Gasteiger partial charge on any atom is 0.0935 e. The Kier molecular flexibility index (Phi) is 4.20. The third-order valence-corrected chi connectivity index (χ3v) is 3.33. The van der Waals surface area contributed by atoms with Gasteiger partial charge in [-0.3, -0.25) is 4.98 Å². The lowest BCUT2D eigenvalue weighted by Gasteiger charge is -2.10. The van der Waals surface area contributed by atoms with Crippen molar-refractivity contribution in [2.75, 3.05) is 0 Å². The lowest BCUT2D eigenvalue weighted by Crippen LogP contribution is -2.00. The van der Waals surface area contributed by atoms with Gasteiger partial charge in [0.15, 0.2) is 0 Å². The standard InChI is InChI=1S/C14H14Cl2N2/c1-3-10-8-17-13(4-2)14(18-10)11-6-5-9(15)7-12(11)16/h5-8H,3-4H2,1-2H3. The lowest BCUT2D eigenvalue weighted by molar-refractivity contribution is 0.943. The van der Waals surface area contributed by atoms with Crippen LogP contribution in [0.25, 0.3) is 11.3 Å². The molecule has 2 aromatic rings. The number of benzene rings is 1. The smallest absolute Gasteiger partial charge is 0.0935 e. The molecule has 0 radical (unpaired) electrons. The van der Waals surface area contributed by atoms with Crippen LogP contribution < -0.4 is 0 Å². The van der Waals surface area contributed by atoms with Gasteiger partial charge in [-0.05, 0) is 31.0 Å². The van der Waals surface area contributed by atoms with Gasteiger partial charge in [0.2, 0.25) is 0 Å². The summed E-state index contributed by atoms with van der Waals surface area (Å²) in [5.41, 5.74) is 3.67. The molecule has 0 bridgehead atoms. The zero-order chi connectivity index (χ0) is 13.1. The predicted octanol–water partition coefficient (Wildman–Crippen LogP) is 4.58. The van der Waals surface area contributed by atoms with E-state index < -0.39 is 0 Å². The van der Waals surface area contributed by atoms with Crippen LogP contribution in [0.1, 0.15) is 25.2 Å². The minimum absolute atomic E-state index is 0.611. The van der Waals surface area contributed by atoms with Crippen LogP contribution in [0.3, 0.4) is 0 Å². The first-order chi connectivity index (χ1) is 8.65. The summed E-state index contributed by atoms with van der Waals surface area (Å²) >= 11 is 12.2. The fourth-order valence-electron chi connectivity index (χ4n) is 1.78. The van der Waals surface area contributed by atoms with Gasteiger partial charge in [-0.15, -0.1) is 0 Å². The van der Waals surface area contributed by atoms with E-state index in [1.165, 1.54) is 0 Å². The van der Waals surface area contributed by atoms with Gasteiger partial charge in [0.25, 0.3) is 0 Å². The minimum atomic E-state index is 0.611. The van der Waals surface area contributed by atoms with Crippen molar-refractivity contribution in [1.82, 2.24) is 9.97 Å². The van der Waals surface area contributed by atoms with Gasteiger partial charge in [-0.2, -0.15) is 0 Å². The molecule has 0 N–H and O–H groups in total.